The van der Waals surface area contributed by atoms with Crippen LogP contribution >= 0.6 is 0 Å². The number of fused-ring (bicyclic) bond motifs is 3. The third-order valence-corrected chi connectivity index (χ3v) is 4.78. The molecular formula is C19H19NO2. The van der Waals surface area contributed by atoms with Crippen molar-refractivity contribution < 1.29 is 9.53 Å². The van der Waals surface area contributed by atoms with E-state index in [-0.39, 0.29) is 24.0 Å². The highest BCUT2D eigenvalue weighted by Crippen LogP contribution is 2.43. The maximum atomic E-state index is 12.5. The van der Waals surface area contributed by atoms with Gasteiger partial charge >= 0.3 is 0 Å². The number of hydrogen-bond acceptors (Lipinski definition) is 2. The van der Waals surface area contributed by atoms with Gasteiger partial charge in [-0.05, 0) is 29.5 Å². The van der Waals surface area contributed by atoms with E-state index in [0.717, 1.165) is 18.4 Å². The summed E-state index contributed by atoms with van der Waals surface area (Å²) >= 11 is 0. The largest absolute Gasteiger partial charge is 0.353 e. The number of rotatable bonds is 3. The Balaban J connectivity index is 1.60. The topological polar surface area (TPSA) is 38.3 Å². The quantitative estimate of drug-likeness (QED) is 0.942. The van der Waals surface area contributed by atoms with Gasteiger partial charge in [0, 0.05) is 5.92 Å². The van der Waals surface area contributed by atoms with E-state index in [1.54, 1.807) is 0 Å². The lowest BCUT2D eigenvalue weighted by molar-refractivity contribution is -0.126. The van der Waals surface area contributed by atoms with Gasteiger partial charge in [-0.2, -0.15) is 0 Å². The van der Waals surface area contributed by atoms with E-state index < -0.39 is 0 Å². The van der Waals surface area contributed by atoms with Gasteiger partial charge in [0.1, 0.15) is 6.23 Å². The molecule has 3 atom stereocenters. The minimum Gasteiger partial charge on any atom is -0.353 e. The van der Waals surface area contributed by atoms with Gasteiger partial charge in [0.25, 0.3) is 0 Å². The number of carbonyl (C=O) groups is 1. The molecule has 2 aliphatic heterocycles. The molecule has 0 aromatic heterocycles. The van der Waals surface area contributed by atoms with Crippen molar-refractivity contribution >= 4 is 5.91 Å². The van der Waals surface area contributed by atoms with Crippen LogP contribution in [0.1, 0.15) is 41.4 Å². The molecule has 1 amide bonds. The zero-order valence-corrected chi connectivity index (χ0v) is 12.4. The molecule has 1 aliphatic carbocycles. The number of benzene rings is 2. The summed E-state index contributed by atoms with van der Waals surface area (Å²) in [5, 5.41) is 3.10. The Labute approximate surface area is 130 Å². The fourth-order valence-corrected chi connectivity index (χ4v) is 3.67. The molecule has 0 spiro atoms. The number of hydrogen-bond donors (Lipinski definition) is 1. The van der Waals surface area contributed by atoms with Gasteiger partial charge in [0.15, 0.2) is 0 Å². The maximum absolute atomic E-state index is 12.5. The Morgan fingerprint density at radius 3 is 2.50 bits per heavy atom. The molecule has 112 valence electrons. The predicted octanol–water partition coefficient (Wildman–Crippen LogP) is 3.32. The molecule has 3 nitrogen and oxygen atoms in total. The molecule has 2 bridgehead atoms. The van der Waals surface area contributed by atoms with E-state index in [4.69, 9.17) is 4.74 Å². The van der Waals surface area contributed by atoms with Crippen molar-refractivity contribution in [2.75, 3.05) is 0 Å². The Bertz CT molecular complexity index is 683. The molecule has 0 unspecified atom stereocenters. The molecule has 1 N–H and O–H groups in total. The summed E-state index contributed by atoms with van der Waals surface area (Å²) in [4.78, 5) is 12.5. The van der Waals surface area contributed by atoms with Gasteiger partial charge < -0.3 is 10.1 Å². The fourth-order valence-electron chi connectivity index (χ4n) is 3.67. The fraction of sp³-hybridized carbons (Fsp3) is 0.316. The first-order valence-electron chi connectivity index (χ1n) is 7.87. The van der Waals surface area contributed by atoms with Crippen LogP contribution in [0.4, 0.5) is 0 Å². The Morgan fingerprint density at radius 2 is 1.68 bits per heavy atom. The molecule has 1 saturated heterocycles. The van der Waals surface area contributed by atoms with Crippen molar-refractivity contribution in [1.29, 1.82) is 0 Å². The summed E-state index contributed by atoms with van der Waals surface area (Å²) in [6.07, 6.45) is 1.68. The lowest BCUT2D eigenvalue weighted by atomic mass is 9.77. The molecule has 22 heavy (non-hydrogen) atoms. The molecule has 0 saturated carbocycles. The monoisotopic (exact) mass is 293 g/mol. The average molecular weight is 293 g/mol. The van der Waals surface area contributed by atoms with Crippen LogP contribution in [0.3, 0.4) is 0 Å². The van der Waals surface area contributed by atoms with Crippen LogP contribution < -0.4 is 5.32 Å². The molecule has 2 heterocycles. The summed E-state index contributed by atoms with van der Waals surface area (Å²) in [6.45, 7) is 0.523. The smallest absolute Gasteiger partial charge is 0.229 e. The minimum atomic E-state index is -0.235. The van der Waals surface area contributed by atoms with Crippen LogP contribution in [-0.4, -0.2) is 12.1 Å². The lowest BCUT2D eigenvalue weighted by Gasteiger charge is -2.29. The summed E-state index contributed by atoms with van der Waals surface area (Å²) in [5.41, 5.74) is 3.58. The summed E-state index contributed by atoms with van der Waals surface area (Å²) in [6, 6.07) is 18.4. The Morgan fingerprint density at radius 1 is 0.955 bits per heavy atom. The van der Waals surface area contributed by atoms with E-state index in [0.29, 0.717) is 6.61 Å². The first-order chi connectivity index (χ1) is 10.8. The average Bonchev–Trinajstić information content (AvgIpc) is 2.80. The molecule has 2 aromatic rings. The van der Waals surface area contributed by atoms with Crippen LogP contribution in [0.2, 0.25) is 0 Å². The van der Waals surface area contributed by atoms with E-state index in [1.807, 2.05) is 36.4 Å². The lowest BCUT2D eigenvalue weighted by Crippen LogP contribution is -2.38. The van der Waals surface area contributed by atoms with Crippen molar-refractivity contribution in [3.8, 4) is 0 Å². The molecule has 3 heteroatoms. The zero-order chi connectivity index (χ0) is 14.9. The first kappa shape index (κ1) is 13.5. The van der Waals surface area contributed by atoms with Gasteiger partial charge in [0.2, 0.25) is 5.91 Å². The van der Waals surface area contributed by atoms with Crippen molar-refractivity contribution in [3.05, 3.63) is 71.3 Å². The van der Waals surface area contributed by atoms with Crippen molar-refractivity contribution in [3.63, 3.8) is 0 Å². The molecular weight excluding hydrogens is 274 g/mol. The molecule has 0 radical (unpaired) electrons. The third kappa shape index (κ3) is 2.32. The van der Waals surface area contributed by atoms with Crippen LogP contribution in [0.5, 0.6) is 0 Å². The highest BCUT2D eigenvalue weighted by atomic mass is 16.5. The Kier molecular flexibility index (Phi) is 3.43. The van der Waals surface area contributed by atoms with Crippen LogP contribution in [0, 0.1) is 0 Å². The normalized spacial score (nSPS) is 26.2. The summed E-state index contributed by atoms with van der Waals surface area (Å²) in [7, 11) is 0. The molecule has 3 aliphatic rings. The zero-order valence-electron chi connectivity index (χ0n) is 12.4. The molecule has 2 aromatic carbocycles. The minimum absolute atomic E-state index is 0.0159. The van der Waals surface area contributed by atoms with Crippen molar-refractivity contribution in [2.45, 2.75) is 37.5 Å². The molecule has 1 fully saturated rings. The number of amides is 1. The summed E-state index contributed by atoms with van der Waals surface area (Å²) < 4.78 is 6.07. The predicted molar refractivity (Wildman–Crippen MR) is 84.3 cm³/mol. The number of nitrogens with one attached hydrogen (secondary N) is 1. The van der Waals surface area contributed by atoms with Crippen LogP contribution in [0.15, 0.2) is 54.6 Å². The molecule has 5 rings (SSSR count). The third-order valence-electron chi connectivity index (χ3n) is 4.78. The van der Waals surface area contributed by atoms with Crippen molar-refractivity contribution in [1.82, 2.24) is 5.32 Å². The number of carbonyl (C=O) groups excluding carboxylic acids is 1. The second-order valence-corrected chi connectivity index (χ2v) is 6.09. The highest BCUT2D eigenvalue weighted by molar-refractivity contribution is 5.85. The van der Waals surface area contributed by atoms with Gasteiger partial charge in [-0.1, -0.05) is 54.6 Å². The second kappa shape index (κ2) is 5.58. The highest BCUT2D eigenvalue weighted by Gasteiger charge is 2.40. The van der Waals surface area contributed by atoms with E-state index in [1.165, 1.54) is 11.1 Å². The van der Waals surface area contributed by atoms with E-state index >= 15 is 0 Å². The van der Waals surface area contributed by atoms with Gasteiger partial charge in [-0.15, -0.1) is 0 Å². The van der Waals surface area contributed by atoms with Gasteiger partial charge in [-0.3, -0.25) is 4.79 Å². The van der Waals surface area contributed by atoms with E-state index in [2.05, 4.69) is 23.5 Å². The van der Waals surface area contributed by atoms with E-state index in [9.17, 15) is 4.79 Å². The van der Waals surface area contributed by atoms with Gasteiger partial charge in [-0.25, -0.2) is 0 Å². The first-order valence-corrected chi connectivity index (χ1v) is 7.87. The van der Waals surface area contributed by atoms with Crippen LogP contribution in [0.25, 0.3) is 0 Å². The number of ether oxygens (including phenoxy) is 1. The van der Waals surface area contributed by atoms with Gasteiger partial charge in [0.05, 0.1) is 12.5 Å². The van der Waals surface area contributed by atoms with Crippen molar-refractivity contribution in [2.24, 2.45) is 0 Å². The maximum Gasteiger partial charge on any atom is 0.229 e. The standard InChI is InChI=1S/C19H19NO2/c21-18-16-10-11-17(15-9-5-4-8-14(15)16)19(20-18)22-12-13-6-2-1-3-7-13/h1-9,16-17,19H,10-12H2,(H,20,21)/t16-,17-,19-/m0/s1. The summed E-state index contributed by atoms with van der Waals surface area (Å²) in [5.74, 6) is 0.339. The van der Waals surface area contributed by atoms with Crippen LogP contribution in [-0.2, 0) is 16.1 Å². The second-order valence-electron chi connectivity index (χ2n) is 6.09. The Hall–Kier alpha value is -2.13. The SMILES string of the molecule is O=C1N[C@@H](OCc2ccccc2)[C@H]2CC[C@H]1c1ccccc12.